The second-order valence-electron chi connectivity index (χ2n) is 8.87. The Labute approximate surface area is 200 Å². The average Bonchev–Trinajstić information content (AvgIpc) is 2.85. The van der Waals surface area contributed by atoms with Gasteiger partial charge < -0.3 is 39.2 Å². The van der Waals surface area contributed by atoms with Crippen molar-refractivity contribution in [2.24, 2.45) is 11.8 Å². The number of methoxy groups -OCH3 is 3. The van der Waals surface area contributed by atoms with Crippen molar-refractivity contribution in [2.75, 3.05) is 41.6 Å². The van der Waals surface area contributed by atoms with E-state index in [4.69, 9.17) is 23.7 Å². The minimum atomic E-state index is -0.857. The van der Waals surface area contributed by atoms with Gasteiger partial charge >= 0.3 is 0 Å². The van der Waals surface area contributed by atoms with Crippen LogP contribution in [0.1, 0.15) is 41.7 Å². The van der Waals surface area contributed by atoms with E-state index >= 15 is 0 Å². The van der Waals surface area contributed by atoms with E-state index in [-0.39, 0.29) is 18.6 Å². The highest BCUT2D eigenvalue weighted by Crippen LogP contribution is 2.50. The van der Waals surface area contributed by atoms with Gasteiger partial charge in [0.15, 0.2) is 0 Å². The number of aliphatic hydroxyl groups excluding tert-OH is 2. The third-order valence-electron chi connectivity index (χ3n) is 6.87. The number of nitrogens with one attached hydrogen (secondary N) is 1. The molecule has 3 N–H and O–H groups in total. The molecule has 0 saturated heterocycles. The number of fused-ring (bicyclic) bond motifs is 2. The Morgan fingerprint density at radius 2 is 1.79 bits per heavy atom. The average molecular weight is 474 g/mol. The normalized spacial score (nSPS) is 25.5. The Morgan fingerprint density at radius 3 is 2.50 bits per heavy atom. The first kappa shape index (κ1) is 24.6. The van der Waals surface area contributed by atoms with Gasteiger partial charge in [0.2, 0.25) is 0 Å². The summed E-state index contributed by atoms with van der Waals surface area (Å²) in [5.74, 6) is 1.84. The van der Waals surface area contributed by atoms with Crippen LogP contribution < -0.4 is 24.3 Å². The largest absolute Gasteiger partial charge is 0.497 e. The van der Waals surface area contributed by atoms with Crippen LogP contribution in [0.4, 0.5) is 0 Å². The van der Waals surface area contributed by atoms with Crippen molar-refractivity contribution >= 4 is 0 Å². The number of aliphatic hydroxyl groups is 2. The lowest BCUT2D eigenvalue weighted by Crippen LogP contribution is -2.46. The summed E-state index contributed by atoms with van der Waals surface area (Å²) in [6.07, 6.45) is -0.559. The molecule has 34 heavy (non-hydrogen) atoms. The Morgan fingerprint density at radius 1 is 1.00 bits per heavy atom. The summed E-state index contributed by atoms with van der Waals surface area (Å²) in [6, 6.07) is 9.19. The lowest BCUT2D eigenvalue weighted by Gasteiger charge is -2.44. The zero-order chi connectivity index (χ0) is 24.2. The number of rotatable bonds is 9. The number of benzene rings is 2. The zero-order valence-corrected chi connectivity index (χ0v) is 20.2. The summed E-state index contributed by atoms with van der Waals surface area (Å²) < 4.78 is 28.7. The maximum Gasteiger partial charge on any atom is 0.126 e. The summed E-state index contributed by atoms with van der Waals surface area (Å²) in [5.41, 5.74) is 2.27. The minimum absolute atomic E-state index is 0.274. The molecule has 0 saturated carbocycles. The van der Waals surface area contributed by atoms with Gasteiger partial charge in [0.05, 0.1) is 33.0 Å². The molecule has 0 bridgehead atoms. The summed E-state index contributed by atoms with van der Waals surface area (Å²) in [7, 11) is 6.75. The van der Waals surface area contributed by atoms with Gasteiger partial charge in [-0.15, -0.1) is 0 Å². The molecular weight excluding hydrogens is 438 g/mol. The van der Waals surface area contributed by atoms with Crippen LogP contribution in [0.25, 0.3) is 0 Å². The van der Waals surface area contributed by atoms with Gasteiger partial charge in [0.1, 0.15) is 29.1 Å². The first-order valence-corrected chi connectivity index (χ1v) is 11.7. The first-order valence-electron chi connectivity index (χ1n) is 11.7. The van der Waals surface area contributed by atoms with E-state index in [1.54, 1.807) is 33.5 Å². The van der Waals surface area contributed by atoms with Crippen LogP contribution in [0, 0.1) is 11.8 Å². The molecule has 2 aliphatic rings. The molecule has 0 fully saturated rings. The monoisotopic (exact) mass is 473 g/mol. The van der Waals surface area contributed by atoms with Crippen LogP contribution >= 0.6 is 0 Å². The van der Waals surface area contributed by atoms with Crippen LogP contribution in [0.3, 0.4) is 0 Å². The summed E-state index contributed by atoms with van der Waals surface area (Å²) in [5, 5.41) is 26.2. The van der Waals surface area contributed by atoms with Gasteiger partial charge in [-0.05, 0) is 50.2 Å². The van der Waals surface area contributed by atoms with E-state index in [0.717, 1.165) is 12.0 Å². The fourth-order valence-electron chi connectivity index (χ4n) is 5.16. The molecule has 0 spiro atoms. The standard InChI is InChI=1S/C26H35NO7/c1-27-13-15-10-23-18(12-22(15)32-4)26(29)24(21(34-23)6-5-9-30-2)19-14-33-20-8-7-16(31-3)11-17(20)25(19)28/h7-8,10-12,19,21,24-29H,5-6,9,13-14H2,1-4H3/t19-,21+,24+,25+,26-/m0/s1. The maximum atomic E-state index is 11.6. The second-order valence-corrected chi connectivity index (χ2v) is 8.87. The summed E-state index contributed by atoms with van der Waals surface area (Å²) in [6.45, 7) is 1.48. The van der Waals surface area contributed by atoms with E-state index < -0.39 is 18.1 Å². The van der Waals surface area contributed by atoms with Crippen molar-refractivity contribution in [3.8, 4) is 23.0 Å². The van der Waals surface area contributed by atoms with Crippen molar-refractivity contribution in [2.45, 2.75) is 37.7 Å². The van der Waals surface area contributed by atoms with Gasteiger partial charge in [-0.25, -0.2) is 0 Å². The maximum absolute atomic E-state index is 11.6. The third-order valence-corrected chi connectivity index (χ3v) is 6.87. The van der Waals surface area contributed by atoms with Gasteiger partial charge in [-0.1, -0.05) is 0 Å². The smallest absolute Gasteiger partial charge is 0.126 e. The SMILES string of the molecule is CNCc1cc2c(cc1OC)[C@H](O)[C@H]([C@@H]1COc3ccc(OC)cc3[C@H]1O)[C@@H](CCCOC)O2. The predicted molar refractivity (Wildman–Crippen MR) is 127 cm³/mol. The van der Waals surface area contributed by atoms with E-state index in [9.17, 15) is 10.2 Å². The molecule has 8 heteroatoms. The molecule has 5 atom stereocenters. The van der Waals surface area contributed by atoms with Crippen molar-refractivity contribution in [3.05, 3.63) is 47.0 Å². The quantitative estimate of drug-likeness (QED) is 0.478. The molecule has 4 rings (SSSR count). The van der Waals surface area contributed by atoms with Crippen molar-refractivity contribution in [3.63, 3.8) is 0 Å². The van der Waals surface area contributed by atoms with E-state index in [1.807, 2.05) is 25.2 Å². The van der Waals surface area contributed by atoms with Crippen molar-refractivity contribution < 1.29 is 33.9 Å². The van der Waals surface area contributed by atoms with E-state index in [1.165, 1.54) is 0 Å². The Hall–Kier alpha value is -2.52. The van der Waals surface area contributed by atoms with Gasteiger partial charge in [0, 0.05) is 48.8 Å². The van der Waals surface area contributed by atoms with Crippen LogP contribution in [-0.4, -0.2) is 57.9 Å². The molecule has 186 valence electrons. The Kier molecular flexibility index (Phi) is 7.83. The lowest BCUT2D eigenvalue weighted by atomic mass is 9.73. The Bertz CT molecular complexity index is 982. The van der Waals surface area contributed by atoms with E-state index in [2.05, 4.69) is 5.32 Å². The molecule has 0 aromatic heterocycles. The zero-order valence-electron chi connectivity index (χ0n) is 20.2. The van der Waals surface area contributed by atoms with Crippen molar-refractivity contribution in [1.82, 2.24) is 5.32 Å². The lowest BCUT2D eigenvalue weighted by molar-refractivity contribution is -0.0888. The van der Waals surface area contributed by atoms with E-state index in [0.29, 0.717) is 53.7 Å². The van der Waals surface area contributed by atoms with Gasteiger partial charge in [-0.3, -0.25) is 0 Å². The molecule has 2 aromatic carbocycles. The molecule has 2 heterocycles. The molecule has 0 radical (unpaired) electrons. The summed E-state index contributed by atoms with van der Waals surface area (Å²) in [4.78, 5) is 0. The molecular formula is C26H35NO7. The fraction of sp³-hybridized carbons (Fsp3) is 0.538. The summed E-state index contributed by atoms with van der Waals surface area (Å²) >= 11 is 0. The molecule has 0 amide bonds. The molecule has 0 aliphatic carbocycles. The third kappa shape index (κ3) is 4.68. The second kappa shape index (κ2) is 10.8. The first-order chi connectivity index (χ1) is 16.5. The molecule has 2 aliphatic heterocycles. The highest BCUT2D eigenvalue weighted by atomic mass is 16.5. The highest BCUT2D eigenvalue weighted by molar-refractivity contribution is 5.49. The topological polar surface area (TPSA) is 98.6 Å². The van der Waals surface area contributed by atoms with Crippen LogP contribution in [0.15, 0.2) is 30.3 Å². The van der Waals surface area contributed by atoms with Crippen LogP contribution in [-0.2, 0) is 11.3 Å². The fourth-order valence-corrected chi connectivity index (χ4v) is 5.16. The number of hydrogen-bond donors (Lipinski definition) is 3. The molecule has 0 unspecified atom stereocenters. The highest BCUT2D eigenvalue weighted by Gasteiger charge is 2.47. The predicted octanol–water partition coefficient (Wildman–Crippen LogP) is 3.00. The minimum Gasteiger partial charge on any atom is -0.497 e. The van der Waals surface area contributed by atoms with Crippen LogP contribution in [0.2, 0.25) is 0 Å². The Balaban J connectivity index is 1.71. The van der Waals surface area contributed by atoms with Crippen molar-refractivity contribution in [1.29, 1.82) is 0 Å². The van der Waals surface area contributed by atoms with Crippen LogP contribution in [0.5, 0.6) is 23.0 Å². The number of hydrogen-bond acceptors (Lipinski definition) is 8. The molecule has 8 nitrogen and oxygen atoms in total. The van der Waals surface area contributed by atoms with Gasteiger partial charge in [0.25, 0.3) is 0 Å². The number of ether oxygens (including phenoxy) is 5. The van der Waals surface area contributed by atoms with Gasteiger partial charge in [-0.2, -0.15) is 0 Å². The molecule has 2 aromatic rings.